The highest BCUT2D eigenvalue weighted by atomic mass is 32.2. The normalized spacial score (nSPS) is 15.9. The number of thioether (sulfide) groups is 1. The van der Waals surface area contributed by atoms with E-state index in [0.29, 0.717) is 11.1 Å². The first-order valence-corrected chi connectivity index (χ1v) is 10.0. The standard InChI is InChI=1S/C19H24N4O3S/c1-13(17(24)21-19(25)26-2)27-18-20-16(14-9-5-3-6-10-14)23(22-18)15-11-7-4-8-12-15/h4,7-8,11-14H,3,5-6,9-10H2,1-2H3,(H,21,24,25)/t13-/m0/s1. The number of ether oxygens (including phenoxy) is 1. The summed E-state index contributed by atoms with van der Waals surface area (Å²) < 4.78 is 6.36. The number of hydrogen-bond donors (Lipinski definition) is 1. The topological polar surface area (TPSA) is 86.1 Å². The third kappa shape index (κ3) is 4.88. The van der Waals surface area contributed by atoms with Gasteiger partial charge >= 0.3 is 6.09 Å². The van der Waals surface area contributed by atoms with E-state index in [1.807, 2.05) is 35.0 Å². The van der Waals surface area contributed by atoms with Crippen molar-refractivity contribution < 1.29 is 14.3 Å². The van der Waals surface area contributed by atoms with Gasteiger partial charge < -0.3 is 4.74 Å². The fourth-order valence-corrected chi connectivity index (χ4v) is 3.96. The lowest BCUT2D eigenvalue weighted by atomic mass is 9.88. The summed E-state index contributed by atoms with van der Waals surface area (Å²) >= 11 is 1.23. The molecular weight excluding hydrogens is 364 g/mol. The van der Waals surface area contributed by atoms with E-state index in [1.165, 1.54) is 38.1 Å². The molecule has 144 valence electrons. The van der Waals surface area contributed by atoms with Crippen molar-refractivity contribution in [1.29, 1.82) is 0 Å². The van der Waals surface area contributed by atoms with Gasteiger partial charge in [0.25, 0.3) is 0 Å². The Bertz CT molecular complexity index is 788. The van der Waals surface area contributed by atoms with E-state index in [9.17, 15) is 9.59 Å². The Hall–Kier alpha value is -2.35. The van der Waals surface area contributed by atoms with Crippen LogP contribution >= 0.6 is 11.8 Å². The van der Waals surface area contributed by atoms with Crippen LogP contribution in [-0.4, -0.2) is 39.1 Å². The van der Waals surface area contributed by atoms with Crippen molar-refractivity contribution in [2.45, 2.75) is 55.4 Å². The highest BCUT2D eigenvalue weighted by Gasteiger charge is 2.25. The van der Waals surface area contributed by atoms with Gasteiger partial charge in [0.05, 0.1) is 18.0 Å². The van der Waals surface area contributed by atoms with Gasteiger partial charge in [0.1, 0.15) is 5.82 Å². The van der Waals surface area contributed by atoms with Crippen molar-refractivity contribution >= 4 is 23.8 Å². The molecule has 1 saturated carbocycles. The Balaban J connectivity index is 1.82. The van der Waals surface area contributed by atoms with Gasteiger partial charge in [-0.25, -0.2) is 14.5 Å². The third-order valence-corrected chi connectivity index (χ3v) is 5.60. The predicted octanol–water partition coefficient (Wildman–Crippen LogP) is 3.68. The SMILES string of the molecule is COC(=O)NC(=O)[C@H](C)Sc1nc(C2CCCCC2)n(-c2ccccc2)n1. The lowest BCUT2D eigenvalue weighted by molar-refractivity contribution is -0.119. The largest absolute Gasteiger partial charge is 0.453 e. The number of hydrogen-bond acceptors (Lipinski definition) is 6. The first kappa shape index (κ1) is 19.4. The molecule has 8 heteroatoms. The van der Waals surface area contributed by atoms with Crippen LogP contribution in [0.4, 0.5) is 4.79 Å². The van der Waals surface area contributed by atoms with E-state index in [-0.39, 0.29) is 0 Å². The summed E-state index contributed by atoms with van der Waals surface area (Å²) in [7, 11) is 1.22. The number of para-hydroxylation sites is 1. The van der Waals surface area contributed by atoms with Gasteiger partial charge in [-0.15, -0.1) is 5.10 Å². The Morgan fingerprint density at radius 2 is 1.93 bits per heavy atom. The first-order chi connectivity index (χ1) is 13.1. The molecule has 2 aromatic rings. The molecule has 0 aliphatic heterocycles. The summed E-state index contributed by atoms with van der Waals surface area (Å²) in [5.41, 5.74) is 0.962. The van der Waals surface area contributed by atoms with Crippen LogP contribution in [0.2, 0.25) is 0 Å². The lowest BCUT2D eigenvalue weighted by Gasteiger charge is -2.21. The molecule has 7 nitrogen and oxygen atoms in total. The molecule has 27 heavy (non-hydrogen) atoms. The van der Waals surface area contributed by atoms with Crippen LogP contribution in [0.1, 0.15) is 50.8 Å². The van der Waals surface area contributed by atoms with Crippen LogP contribution < -0.4 is 5.32 Å². The molecule has 1 atom stereocenters. The highest BCUT2D eigenvalue weighted by molar-refractivity contribution is 8.00. The molecule has 1 N–H and O–H groups in total. The maximum Gasteiger partial charge on any atom is 0.413 e. The maximum absolute atomic E-state index is 12.1. The van der Waals surface area contributed by atoms with Crippen LogP contribution in [0.25, 0.3) is 5.69 Å². The van der Waals surface area contributed by atoms with Gasteiger partial charge in [-0.1, -0.05) is 49.2 Å². The van der Waals surface area contributed by atoms with Gasteiger partial charge in [-0.3, -0.25) is 10.1 Å². The van der Waals surface area contributed by atoms with Crippen LogP contribution in [0.3, 0.4) is 0 Å². The fraction of sp³-hybridized carbons (Fsp3) is 0.474. The van der Waals surface area contributed by atoms with E-state index in [0.717, 1.165) is 24.4 Å². The second kappa shape index (κ2) is 9.03. The van der Waals surface area contributed by atoms with E-state index in [4.69, 9.17) is 4.98 Å². The van der Waals surface area contributed by atoms with Crippen molar-refractivity contribution in [2.75, 3.05) is 7.11 Å². The molecule has 0 spiro atoms. The molecule has 1 aromatic heterocycles. The zero-order chi connectivity index (χ0) is 19.2. The highest BCUT2D eigenvalue weighted by Crippen LogP contribution is 2.34. The van der Waals surface area contributed by atoms with E-state index in [1.54, 1.807) is 6.92 Å². The number of nitrogens with one attached hydrogen (secondary N) is 1. The number of aromatic nitrogens is 3. The van der Waals surface area contributed by atoms with E-state index >= 15 is 0 Å². The van der Waals surface area contributed by atoms with Crippen LogP contribution in [0.5, 0.6) is 0 Å². The second-order valence-electron chi connectivity index (χ2n) is 6.58. The number of imide groups is 1. The van der Waals surface area contributed by atoms with Crippen molar-refractivity contribution in [1.82, 2.24) is 20.1 Å². The Morgan fingerprint density at radius 3 is 2.59 bits per heavy atom. The molecule has 0 saturated heterocycles. The molecule has 0 radical (unpaired) electrons. The first-order valence-electron chi connectivity index (χ1n) is 9.16. The number of methoxy groups -OCH3 is 1. The molecular formula is C19H24N4O3S. The number of benzene rings is 1. The molecule has 3 rings (SSSR count). The smallest absolute Gasteiger partial charge is 0.413 e. The van der Waals surface area contributed by atoms with E-state index < -0.39 is 17.3 Å². The second-order valence-corrected chi connectivity index (χ2v) is 7.88. The van der Waals surface area contributed by atoms with Crippen molar-refractivity contribution in [3.8, 4) is 5.69 Å². The van der Waals surface area contributed by atoms with E-state index in [2.05, 4.69) is 15.2 Å². The molecule has 0 unspecified atom stereocenters. The summed E-state index contributed by atoms with van der Waals surface area (Å²) in [6.07, 6.45) is 5.11. The minimum Gasteiger partial charge on any atom is -0.453 e. The number of alkyl carbamates (subject to hydrolysis) is 1. The third-order valence-electron chi connectivity index (χ3n) is 4.65. The Labute approximate surface area is 162 Å². The maximum atomic E-state index is 12.1. The zero-order valence-corrected chi connectivity index (χ0v) is 16.4. The molecule has 1 fully saturated rings. The Morgan fingerprint density at radius 1 is 1.22 bits per heavy atom. The molecule has 2 amide bonds. The van der Waals surface area contributed by atoms with Gasteiger partial charge in [0.2, 0.25) is 11.1 Å². The number of rotatable bonds is 5. The van der Waals surface area contributed by atoms with Gasteiger partial charge in [0, 0.05) is 5.92 Å². The van der Waals surface area contributed by atoms with Gasteiger partial charge in [-0.2, -0.15) is 0 Å². The van der Waals surface area contributed by atoms with Crippen molar-refractivity contribution in [2.24, 2.45) is 0 Å². The number of carbonyl (C=O) groups is 2. The molecule has 0 bridgehead atoms. The molecule has 1 aliphatic carbocycles. The average Bonchev–Trinajstić information content (AvgIpc) is 3.13. The lowest BCUT2D eigenvalue weighted by Crippen LogP contribution is -2.35. The minimum atomic E-state index is -0.766. The van der Waals surface area contributed by atoms with Crippen LogP contribution in [0, 0.1) is 0 Å². The van der Waals surface area contributed by atoms with Gasteiger partial charge in [0.15, 0.2) is 0 Å². The summed E-state index contributed by atoms with van der Waals surface area (Å²) in [6.45, 7) is 1.71. The molecule has 1 heterocycles. The number of nitrogens with zero attached hydrogens (tertiary/aromatic N) is 3. The monoisotopic (exact) mass is 388 g/mol. The van der Waals surface area contributed by atoms with Crippen LogP contribution in [0.15, 0.2) is 35.5 Å². The average molecular weight is 388 g/mol. The molecule has 1 aliphatic rings. The summed E-state index contributed by atoms with van der Waals surface area (Å²) in [5.74, 6) is 0.895. The zero-order valence-electron chi connectivity index (χ0n) is 15.6. The van der Waals surface area contributed by atoms with Crippen molar-refractivity contribution in [3.63, 3.8) is 0 Å². The summed E-state index contributed by atoms with van der Waals surface area (Å²) in [5, 5.41) is 6.85. The fourth-order valence-electron chi connectivity index (χ4n) is 3.20. The Kier molecular flexibility index (Phi) is 6.49. The van der Waals surface area contributed by atoms with Crippen molar-refractivity contribution in [3.05, 3.63) is 36.2 Å². The molecule has 1 aromatic carbocycles. The predicted molar refractivity (Wildman–Crippen MR) is 103 cm³/mol. The van der Waals surface area contributed by atoms with Gasteiger partial charge in [-0.05, 0) is 31.9 Å². The number of carbonyl (C=O) groups excluding carboxylic acids is 2. The van der Waals surface area contributed by atoms with Crippen LogP contribution in [-0.2, 0) is 9.53 Å². The number of amides is 2. The quantitative estimate of drug-likeness (QED) is 0.787. The summed E-state index contributed by atoms with van der Waals surface area (Å²) in [4.78, 5) is 28.1. The summed E-state index contributed by atoms with van der Waals surface area (Å²) in [6, 6.07) is 9.92. The minimum absolute atomic E-state index is 0.375.